The molecule has 0 aliphatic heterocycles. The lowest BCUT2D eigenvalue weighted by molar-refractivity contribution is -0.167. The van der Waals surface area contributed by atoms with Crippen molar-refractivity contribution in [3.8, 4) is 0 Å². The van der Waals surface area contributed by atoms with Crippen molar-refractivity contribution in [2.24, 2.45) is 0 Å². The summed E-state index contributed by atoms with van der Waals surface area (Å²) in [4.78, 5) is 38.0. The number of rotatable bonds is 49. The maximum absolute atomic E-state index is 12.8. The molecule has 362 valence electrons. The third-order valence-corrected chi connectivity index (χ3v) is 11.8. The Labute approximate surface area is 385 Å². The Bertz CT molecular complexity index is 1050. The van der Waals surface area contributed by atoms with Crippen LogP contribution in [0.15, 0.2) is 36.5 Å². The molecule has 6 nitrogen and oxygen atoms in total. The fourth-order valence-corrected chi connectivity index (χ4v) is 7.77. The standard InChI is InChI=1S/C56H102O6/c1-4-7-10-13-16-19-22-25-27-28-29-32-34-37-40-43-46-49-55(58)61-52-53(51-60-54(57)48-45-42-39-36-33-30-24-21-18-15-12-9-6-3)62-56(59)50-47-44-41-38-35-31-26-23-20-17-14-11-8-5-2/h12,15,21,24-25,27,53H,4-11,13-14,16-20,22-23,26,28-52H2,1-3H3/b15-12-,24-21-,27-25-. The van der Waals surface area contributed by atoms with Gasteiger partial charge >= 0.3 is 17.9 Å². The summed E-state index contributed by atoms with van der Waals surface area (Å²) in [6.45, 7) is 6.58. The minimum Gasteiger partial charge on any atom is -0.462 e. The molecule has 0 rings (SSSR count). The van der Waals surface area contributed by atoms with E-state index >= 15 is 0 Å². The molecule has 0 fully saturated rings. The first-order valence-corrected chi connectivity index (χ1v) is 27.0. The Hall–Kier alpha value is -2.37. The Kier molecular flexibility index (Phi) is 49.3. The van der Waals surface area contributed by atoms with E-state index in [1.54, 1.807) is 0 Å². The number of carbonyl (C=O) groups is 3. The Morgan fingerprint density at radius 1 is 0.323 bits per heavy atom. The number of esters is 3. The third kappa shape index (κ3) is 48.7. The highest BCUT2D eigenvalue weighted by atomic mass is 16.6. The quantitative estimate of drug-likeness (QED) is 0.0262. The van der Waals surface area contributed by atoms with Gasteiger partial charge < -0.3 is 14.2 Å². The molecule has 0 bridgehead atoms. The number of carbonyl (C=O) groups excluding carboxylic acids is 3. The first kappa shape index (κ1) is 59.6. The van der Waals surface area contributed by atoms with Gasteiger partial charge in [0.15, 0.2) is 6.10 Å². The van der Waals surface area contributed by atoms with E-state index in [0.29, 0.717) is 19.3 Å². The lowest BCUT2D eigenvalue weighted by atomic mass is 10.0. The van der Waals surface area contributed by atoms with Crippen LogP contribution < -0.4 is 0 Å². The van der Waals surface area contributed by atoms with Crippen molar-refractivity contribution in [1.29, 1.82) is 0 Å². The van der Waals surface area contributed by atoms with Crippen LogP contribution in [-0.2, 0) is 28.6 Å². The molecule has 1 atom stereocenters. The predicted octanol–water partition coefficient (Wildman–Crippen LogP) is 17.7. The van der Waals surface area contributed by atoms with Crippen molar-refractivity contribution >= 4 is 17.9 Å². The molecule has 6 heteroatoms. The van der Waals surface area contributed by atoms with Crippen molar-refractivity contribution in [2.45, 2.75) is 290 Å². The predicted molar refractivity (Wildman–Crippen MR) is 266 cm³/mol. The highest BCUT2D eigenvalue weighted by Crippen LogP contribution is 2.16. The summed E-state index contributed by atoms with van der Waals surface area (Å²) in [7, 11) is 0. The first-order chi connectivity index (χ1) is 30.5. The van der Waals surface area contributed by atoms with Gasteiger partial charge in [-0.1, -0.05) is 231 Å². The van der Waals surface area contributed by atoms with E-state index in [2.05, 4.69) is 57.2 Å². The molecule has 1 unspecified atom stereocenters. The van der Waals surface area contributed by atoms with Crippen molar-refractivity contribution in [1.82, 2.24) is 0 Å². The summed E-state index contributed by atoms with van der Waals surface area (Å²) in [6, 6.07) is 0. The van der Waals surface area contributed by atoms with Crippen LogP contribution in [-0.4, -0.2) is 37.2 Å². The second-order valence-corrected chi connectivity index (χ2v) is 18.1. The summed E-state index contributed by atoms with van der Waals surface area (Å²) in [5, 5.41) is 0. The van der Waals surface area contributed by atoms with Crippen LogP contribution >= 0.6 is 0 Å². The average molecular weight is 871 g/mol. The summed E-state index contributed by atoms with van der Waals surface area (Å²) in [5.41, 5.74) is 0. The van der Waals surface area contributed by atoms with Crippen molar-refractivity contribution in [2.75, 3.05) is 13.2 Å². The lowest BCUT2D eigenvalue weighted by Gasteiger charge is -2.18. The van der Waals surface area contributed by atoms with Crippen LogP contribution in [0.5, 0.6) is 0 Å². The Balaban J connectivity index is 4.35. The summed E-state index contributed by atoms with van der Waals surface area (Å²) < 4.78 is 16.8. The molecule has 0 aromatic carbocycles. The Morgan fingerprint density at radius 3 is 0.968 bits per heavy atom. The van der Waals surface area contributed by atoms with Crippen LogP contribution in [0.1, 0.15) is 284 Å². The number of ether oxygens (including phenoxy) is 3. The SMILES string of the molecule is CCC/C=C\C/C=C\CCCCCCCC(=O)OCC(COC(=O)CCCCCCCCC/C=C\CCCCCCCC)OC(=O)CCCCCCCCCCCCCCCC. The molecular formula is C56H102O6. The topological polar surface area (TPSA) is 78.9 Å². The normalized spacial score (nSPS) is 12.2. The van der Waals surface area contributed by atoms with Crippen LogP contribution in [0.25, 0.3) is 0 Å². The number of allylic oxidation sites excluding steroid dienone is 6. The summed E-state index contributed by atoms with van der Waals surface area (Å²) in [6.07, 6.45) is 59.8. The van der Waals surface area contributed by atoms with Crippen molar-refractivity contribution in [3.05, 3.63) is 36.5 Å². The van der Waals surface area contributed by atoms with Gasteiger partial charge in [0.25, 0.3) is 0 Å². The van der Waals surface area contributed by atoms with Gasteiger partial charge in [0.2, 0.25) is 0 Å². The summed E-state index contributed by atoms with van der Waals surface area (Å²) >= 11 is 0. The molecule has 0 saturated carbocycles. The number of hydrogen-bond acceptors (Lipinski definition) is 6. The fraction of sp³-hybridized carbons (Fsp3) is 0.839. The molecule has 0 radical (unpaired) electrons. The third-order valence-electron chi connectivity index (χ3n) is 11.8. The van der Waals surface area contributed by atoms with E-state index in [1.165, 1.54) is 161 Å². The van der Waals surface area contributed by atoms with Gasteiger partial charge in [-0.25, -0.2) is 0 Å². The van der Waals surface area contributed by atoms with Gasteiger partial charge in [0.1, 0.15) is 13.2 Å². The van der Waals surface area contributed by atoms with E-state index in [-0.39, 0.29) is 31.1 Å². The lowest BCUT2D eigenvalue weighted by Crippen LogP contribution is -2.30. The molecule has 0 aliphatic carbocycles. The van der Waals surface area contributed by atoms with Crippen molar-refractivity contribution < 1.29 is 28.6 Å². The van der Waals surface area contributed by atoms with E-state index in [1.807, 2.05) is 0 Å². The van der Waals surface area contributed by atoms with E-state index in [0.717, 1.165) is 83.5 Å². The van der Waals surface area contributed by atoms with E-state index < -0.39 is 6.10 Å². The van der Waals surface area contributed by atoms with Gasteiger partial charge in [-0.05, 0) is 70.6 Å². The van der Waals surface area contributed by atoms with Crippen LogP contribution in [0.3, 0.4) is 0 Å². The molecule has 0 saturated heterocycles. The molecule has 0 aromatic heterocycles. The zero-order chi connectivity index (χ0) is 45.1. The minimum absolute atomic E-state index is 0.0759. The summed E-state index contributed by atoms with van der Waals surface area (Å²) in [5.74, 6) is -0.882. The number of hydrogen-bond donors (Lipinski definition) is 0. The van der Waals surface area contributed by atoms with Gasteiger partial charge in [-0.2, -0.15) is 0 Å². The molecule has 0 aliphatic rings. The zero-order valence-electron chi connectivity index (χ0n) is 41.4. The molecule has 0 spiro atoms. The average Bonchev–Trinajstić information content (AvgIpc) is 3.27. The van der Waals surface area contributed by atoms with Crippen molar-refractivity contribution in [3.63, 3.8) is 0 Å². The molecular weight excluding hydrogens is 769 g/mol. The second-order valence-electron chi connectivity index (χ2n) is 18.1. The molecule has 0 amide bonds. The minimum atomic E-state index is -0.775. The second kappa shape index (κ2) is 51.3. The van der Waals surface area contributed by atoms with E-state index in [4.69, 9.17) is 14.2 Å². The highest BCUT2D eigenvalue weighted by molar-refractivity contribution is 5.71. The molecule has 0 aromatic rings. The largest absolute Gasteiger partial charge is 0.462 e. The Morgan fingerprint density at radius 2 is 0.613 bits per heavy atom. The van der Waals surface area contributed by atoms with Gasteiger partial charge in [0, 0.05) is 19.3 Å². The van der Waals surface area contributed by atoms with Crippen LogP contribution in [0.2, 0.25) is 0 Å². The maximum atomic E-state index is 12.8. The number of unbranched alkanes of at least 4 members (excludes halogenated alkanes) is 32. The van der Waals surface area contributed by atoms with Crippen LogP contribution in [0, 0.1) is 0 Å². The molecule has 62 heavy (non-hydrogen) atoms. The highest BCUT2D eigenvalue weighted by Gasteiger charge is 2.19. The fourth-order valence-electron chi connectivity index (χ4n) is 7.77. The zero-order valence-corrected chi connectivity index (χ0v) is 41.4. The smallest absolute Gasteiger partial charge is 0.306 e. The molecule has 0 N–H and O–H groups in total. The monoisotopic (exact) mass is 871 g/mol. The van der Waals surface area contributed by atoms with Gasteiger partial charge in [-0.3, -0.25) is 14.4 Å². The maximum Gasteiger partial charge on any atom is 0.306 e. The van der Waals surface area contributed by atoms with Gasteiger partial charge in [-0.15, -0.1) is 0 Å². The molecule has 0 heterocycles. The van der Waals surface area contributed by atoms with E-state index in [9.17, 15) is 14.4 Å². The first-order valence-electron chi connectivity index (χ1n) is 27.0. The van der Waals surface area contributed by atoms with Crippen LogP contribution in [0.4, 0.5) is 0 Å². The van der Waals surface area contributed by atoms with Gasteiger partial charge in [0.05, 0.1) is 0 Å².